The van der Waals surface area contributed by atoms with Crippen LogP contribution in [0.1, 0.15) is 18.4 Å². The monoisotopic (exact) mass is 264 g/mol. The number of furan rings is 1. The molecule has 0 bridgehead atoms. The van der Waals surface area contributed by atoms with Gasteiger partial charge in [0.15, 0.2) is 0 Å². The maximum atomic E-state index is 12.0. The molecule has 0 aliphatic carbocycles. The Labute approximate surface area is 113 Å². The fourth-order valence-electron chi connectivity index (χ4n) is 3.09. The van der Waals surface area contributed by atoms with Gasteiger partial charge in [-0.2, -0.15) is 0 Å². The van der Waals surface area contributed by atoms with Gasteiger partial charge in [0.05, 0.1) is 18.6 Å². The number of carbonyl (C=O) groups is 1. The van der Waals surface area contributed by atoms with Crippen molar-refractivity contribution in [2.75, 3.05) is 20.6 Å². The van der Waals surface area contributed by atoms with E-state index in [0.717, 1.165) is 25.9 Å². The molecule has 2 saturated heterocycles. The number of ether oxygens (including phenoxy) is 1. The van der Waals surface area contributed by atoms with Crippen molar-refractivity contribution in [1.29, 1.82) is 0 Å². The van der Waals surface area contributed by atoms with E-state index in [1.807, 2.05) is 6.07 Å². The second kappa shape index (κ2) is 4.98. The zero-order chi connectivity index (χ0) is 13.4. The molecule has 0 N–H and O–H groups in total. The van der Waals surface area contributed by atoms with Gasteiger partial charge in [-0.25, -0.2) is 0 Å². The second-order valence-corrected chi connectivity index (χ2v) is 5.59. The molecule has 19 heavy (non-hydrogen) atoms. The first-order chi connectivity index (χ1) is 9.15. The summed E-state index contributed by atoms with van der Waals surface area (Å²) in [5, 5.41) is 0. The lowest BCUT2D eigenvalue weighted by Gasteiger charge is -2.22. The van der Waals surface area contributed by atoms with Gasteiger partial charge in [-0.15, -0.1) is 0 Å². The van der Waals surface area contributed by atoms with Crippen molar-refractivity contribution in [3.8, 4) is 0 Å². The molecule has 2 aliphatic heterocycles. The molecule has 0 saturated carbocycles. The summed E-state index contributed by atoms with van der Waals surface area (Å²) in [6, 6.07) is 2.36. The first-order valence-electron chi connectivity index (χ1n) is 6.77. The van der Waals surface area contributed by atoms with E-state index in [1.54, 1.807) is 31.5 Å². The van der Waals surface area contributed by atoms with Crippen LogP contribution in [0.2, 0.25) is 0 Å². The van der Waals surface area contributed by atoms with E-state index in [4.69, 9.17) is 9.15 Å². The third kappa shape index (κ3) is 2.40. The molecule has 0 unspecified atom stereocenters. The summed E-state index contributed by atoms with van der Waals surface area (Å²) in [4.78, 5) is 16.0. The van der Waals surface area contributed by atoms with Crippen LogP contribution in [0.15, 0.2) is 23.0 Å². The highest BCUT2D eigenvalue weighted by atomic mass is 16.5. The first-order valence-corrected chi connectivity index (χ1v) is 6.77. The van der Waals surface area contributed by atoms with Crippen molar-refractivity contribution >= 4 is 5.91 Å². The summed E-state index contributed by atoms with van der Waals surface area (Å²) >= 11 is 0. The fourth-order valence-corrected chi connectivity index (χ4v) is 3.09. The standard InChI is InChI=1S/C14H20N2O3/c1-15(2)14(17)13-7-11-12(19-13)3-5-16(11)8-10-4-6-18-9-10/h4,6,9,11-13H,3,5,7-8H2,1-2H3/t11-,12-,13+/m1/s1. The molecule has 5 heteroatoms. The molecule has 0 spiro atoms. The average Bonchev–Trinajstić information content (AvgIpc) is 3.07. The van der Waals surface area contributed by atoms with E-state index in [1.165, 1.54) is 5.56 Å². The third-order valence-electron chi connectivity index (χ3n) is 4.08. The van der Waals surface area contributed by atoms with Gasteiger partial charge in [0, 0.05) is 45.2 Å². The number of carbonyl (C=O) groups excluding carboxylic acids is 1. The van der Waals surface area contributed by atoms with E-state index >= 15 is 0 Å². The van der Waals surface area contributed by atoms with Crippen LogP contribution in [0.25, 0.3) is 0 Å². The smallest absolute Gasteiger partial charge is 0.251 e. The summed E-state index contributed by atoms with van der Waals surface area (Å²) < 4.78 is 11.0. The Hall–Kier alpha value is -1.33. The molecule has 1 aromatic rings. The van der Waals surface area contributed by atoms with Crippen molar-refractivity contribution in [3.05, 3.63) is 24.2 Å². The highest BCUT2D eigenvalue weighted by molar-refractivity contribution is 5.80. The molecule has 104 valence electrons. The van der Waals surface area contributed by atoms with E-state index in [9.17, 15) is 4.79 Å². The molecule has 3 heterocycles. The van der Waals surface area contributed by atoms with Crippen LogP contribution in [-0.2, 0) is 16.1 Å². The molecule has 1 aromatic heterocycles. The van der Waals surface area contributed by atoms with Crippen molar-refractivity contribution < 1.29 is 13.9 Å². The van der Waals surface area contributed by atoms with Gasteiger partial charge in [-0.05, 0) is 12.5 Å². The Morgan fingerprint density at radius 1 is 1.53 bits per heavy atom. The Morgan fingerprint density at radius 2 is 2.37 bits per heavy atom. The van der Waals surface area contributed by atoms with Gasteiger partial charge in [-0.1, -0.05) is 0 Å². The van der Waals surface area contributed by atoms with Crippen molar-refractivity contribution in [2.24, 2.45) is 0 Å². The quantitative estimate of drug-likeness (QED) is 0.820. The van der Waals surface area contributed by atoms with Crippen LogP contribution in [0.3, 0.4) is 0 Å². The molecule has 3 atom stereocenters. The minimum absolute atomic E-state index is 0.0812. The Bertz CT molecular complexity index is 444. The predicted octanol–water partition coefficient (Wildman–Crippen LogP) is 1.10. The SMILES string of the molecule is CN(C)C(=O)[C@@H]1C[C@@H]2[C@@H](CCN2Cc2ccoc2)O1. The number of likely N-dealkylation sites (tertiary alicyclic amines) is 1. The fraction of sp³-hybridized carbons (Fsp3) is 0.643. The number of nitrogens with zero attached hydrogens (tertiary/aromatic N) is 2. The highest BCUT2D eigenvalue weighted by Gasteiger charge is 2.45. The van der Waals surface area contributed by atoms with E-state index in [2.05, 4.69) is 4.90 Å². The van der Waals surface area contributed by atoms with Gasteiger partial charge in [-0.3, -0.25) is 9.69 Å². The molecule has 1 amide bonds. The minimum atomic E-state index is -0.267. The molecule has 0 aromatic carbocycles. The normalized spacial score (nSPS) is 30.5. The van der Waals surface area contributed by atoms with Gasteiger partial charge in [0.1, 0.15) is 6.10 Å². The number of hydrogen-bond donors (Lipinski definition) is 0. The average molecular weight is 264 g/mol. The molecule has 2 aliphatic rings. The zero-order valence-corrected chi connectivity index (χ0v) is 11.4. The zero-order valence-electron chi connectivity index (χ0n) is 11.4. The molecular weight excluding hydrogens is 244 g/mol. The van der Waals surface area contributed by atoms with Gasteiger partial charge in [0.2, 0.25) is 0 Å². The van der Waals surface area contributed by atoms with Crippen LogP contribution in [-0.4, -0.2) is 54.6 Å². The van der Waals surface area contributed by atoms with Crippen LogP contribution in [0.4, 0.5) is 0 Å². The lowest BCUT2D eigenvalue weighted by molar-refractivity contribution is -0.140. The largest absolute Gasteiger partial charge is 0.472 e. The van der Waals surface area contributed by atoms with Crippen LogP contribution >= 0.6 is 0 Å². The molecule has 2 fully saturated rings. The number of likely N-dealkylation sites (N-methyl/N-ethyl adjacent to an activating group) is 1. The minimum Gasteiger partial charge on any atom is -0.472 e. The van der Waals surface area contributed by atoms with Crippen molar-refractivity contribution in [2.45, 2.75) is 37.6 Å². The first kappa shape index (κ1) is 12.7. The number of rotatable bonds is 3. The Morgan fingerprint density at radius 3 is 3.05 bits per heavy atom. The summed E-state index contributed by atoms with van der Waals surface area (Å²) in [5.74, 6) is 0.0812. The number of fused-ring (bicyclic) bond motifs is 1. The molecule has 3 rings (SSSR count). The predicted molar refractivity (Wildman–Crippen MR) is 69.5 cm³/mol. The Kier molecular flexibility index (Phi) is 3.33. The van der Waals surface area contributed by atoms with E-state index in [0.29, 0.717) is 6.04 Å². The molecule has 5 nitrogen and oxygen atoms in total. The van der Waals surface area contributed by atoms with E-state index < -0.39 is 0 Å². The van der Waals surface area contributed by atoms with Crippen molar-refractivity contribution in [1.82, 2.24) is 9.80 Å². The van der Waals surface area contributed by atoms with Crippen molar-refractivity contribution in [3.63, 3.8) is 0 Å². The van der Waals surface area contributed by atoms with Gasteiger partial charge < -0.3 is 14.1 Å². The second-order valence-electron chi connectivity index (χ2n) is 5.59. The lowest BCUT2D eigenvalue weighted by Crippen LogP contribution is -2.35. The lowest BCUT2D eigenvalue weighted by atomic mass is 10.1. The summed E-state index contributed by atoms with van der Waals surface area (Å²) in [5.41, 5.74) is 1.18. The number of hydrogen-bond acceptors (Lipinski definition) is 4. The topological polar surface area (TPSA) is 45.9 Å². The van der Waals surface area contributed by atoms with Crippen LogP contribution < -0.4 is 0 Å². The van der Waals surface area contributed by atoms with Crippen LogP contribution in [0.5, 0.6) is 0 Å². The third-order valence-corrected chi connectivity index (χ3v) is 4.08. The van der Waals surface area contributed by atoms with E-state index in [-0.39, 0.29) is 18.1 Å². The molecule has 0 radical (unpaired) electrons. The summed E-state index contributed by atoms with van der Waals surface area (Å²) in [6.07, 6.45) is 5.25. The maximum Gasteiger partial charge on any atom is 0.251 e. The number of amides is 1. The molecular formula is C14H20N2O3. The summed E-state index contributed by atoms with van der Waals surface area (Å²) in [7, 11) is 3.56. The highest BCUT2D eigenvalue weighted by Crippen LogP contribution is 2.34. The van der Waals surface area contributed by atoms with Gasteiger partial charge >= 0.3 is 0 Å². The van der Waals surface area contributed by atoms with Crippen LogP contribution in [0, 0.1) is 0 Å². The maximum absolute atomic E-state index is 12.0. The van der Waals surface area contributed by atoms with Gasteiger partial charge in [0.25, 0.3) is 5.91 Å². The summed E-state index contributed by atoms with van der Waals surface area (Å²) in [6.45, 7) is 1.91. The Balaban J connectivity index is 1.64.